The molecule has 3 nitrogen and oxygen atoms in total. The molecule has 136 valence electrons. The van der Waals surface area contributed by atoms with Crippen molar-refractivity contribution < 1.29 is 9.47 Å². The summed E-state index contributed by atoms with van der Waals surface area (Å²) in [5.74, 6) is 1.80. The minimum absolute atomic E-state index is 0. The van der Waals surface area contributed by atoms with E-state index in [1.54, 1.807) is 7.11 Å². The number of halogens is 1. The minimum atomic E-state index is 0. The second-order valence-electron chi connectivity index (χ2n) is 5.83. The summed E-state index contributed by atoms with van der Waals surface area (Å²) in [4.78, 5) is 0. The first kappa shape index (κ1) is 19.8. The van der Waals surface area contributed by atoms with Gasteiger partial charge in [0.15, 0.2) is 0 Å². The van der Waals surface area contributed by atoms with Gasteiger partial charge >= 0.3 is 0 Å². The van der Waals surface area contributed by atoms with Gasteiger partial charge in [-0.2, -0.15) is 0 Å². The molecule has 0 bridgehead atoms. The summed E-state index contributed by atoms with van der Waals surface area (Å²) in [6.07, 6.45) is 0. The smallest absolute Gasteiger partial charge is 0.124 e. The standard InChI is InChI=1S/C22H23NO2.ClH/c1-24-21-13-11-18(12-14-21)15-23-16-20-9-5-6-10-22(20)25-17-19-7-3-2-4-8-19;/h2-14,23H,15-17H2,1H3;1H. The Morgan fingerprint density at radius 1 is 0.731 bits per heavy atom. The Bertz CT molecular complexity index is 776. The van der Waals surface area contributed by atoms with Gasteiger partial charge in [0.1, 0.15) is 18.1 Å². The molecule has 0 atom stereocenters. The number of rotatable bonds is 8. The van der Waals surface area contributed by atoms with Crippen LogP contribution in [0.5, 0.6) is 11.5 Å². The van der Waals surface area contributed by atoms with Gasteiger partial charge in [-0.1, -0.05) is 60.7 Å². The van der Waals surface area contributed by atoms with Crippen molar-refractivity contribution in [3.8, 4) is 11.5 Å². The summed E-state index contributed by atoms with van der Waals surface area (Å²) in [5.41, 5.74) is 3.55. The molecule has 3 rings (SSSR count). The van der Waals surface area contributed by atoms with E-state index >= 15 is 0 Å². The maximum Gasteiger partial charge on any atom is 0.124 e. The maximum absolute atomic E-state index is 6.00. The normalized spacial score (nSPS) is 10.0. The molecule has 0 fully saturated rings. The zero-order chi connectivity index (χ0) is 17.3. The number of ether oxygens (including phenoxy) is 2. The van der Waals surface area contributed by atoms with Crippen molar-refractivity contribution in [2.24, 2.45) is 0 Å². The van der Waals surface area contributed by atoms with E-state index < -0.39 is 0 Å². The first-order chi connectivity index (χ1) is 12.3. The highest BCUT2D eigenvalue weighted by molar-refractivity contribution is 5.85. The fourth-order valence-corrected chi connectivity index (χ4v) is 2.61. The van der Waals surface area contributed by atoms with Gasteiger partial charge in [0.05, 0.1) is 7.11 Å². The van der Waals surface area contributed by atoms with Crippen LogP contribution in [0.15, 0.2) is 78.9 Å². The van der Waals surface area contributed by atoms with Crippen LogP contribution in [0.3, 0.4) is 0 Å². The predicted octanol–water partition coefficient (Wildman–Crippen LogP) is 4.99. The lowest BCUT2D eigenvalue weighted by atomic mass is 10.1. The van der Waals surface area contributed by atoms with Crippen LogP contribution in [0, 0.1) is 0 Å². The topological polar surface area (TPSA) is 30.5 Å². The van der Waals surface area contributed by atoms with Crippen LogP contribution >= 0.6 is 12.4 Å². The van der Waals surface area contributed by atoms with Crippen LogP contribution in [0.4, 0.5) is 0 Å². The van der Waals surface area contributed by atoms with E-state index in [0.717, 1.165) is 30.2 Å². The second-order valence-corrected chi connectivity index (χ2v) is 5.83. The summed E-state index contributed by atoms with van der Waals surface area (Å²) in [5, 5.41) is 3.47. The molecule has 3 aromatic carbocycles. The van der Waals surface area contributed by atoms with E-state index in [0.29, 0.717) is 6.61 Å². The van der Waals surface area contributed by atoms with Crippen LogP contribution in [0.25, 0.3) is 0 Å². The quantitative estimate of drug-likeness (QED) is 0.607. The van der Waals surface area contributed by atoms with Gasteiger partial charge in [-0.3, -0.25) is 0 Å². The van der Waals surface area contributed by atoms with Crippen molar-refractivity contribution >= 4 is 12.4 Å². The van der Waals surface area contributed by atoms with Crippen LogP contribution < -0.4 is 14.8 Å². The summed E-state index contributed by atoms with van der Waals surface area (Å²) in [7, 11) is 1.68. The van der Waals surface area contributed by atoms with Crippen LogP contribution in [0.1, 0.15) is 16.7 Å². The molecule has 0 aliphatic rings. The monoisotopic (exact) mass is 369 g/mol. The molecule has 0 heterocycles. The average molecular weight is 370 g/mol. The Kier molecular flexibility index (Phi) is 8.00. The van der Waals surface area contributed by atoms with Gasteiger partial charge < -0.3 is 14.8 Å². The van der Waals surface area contributed by atoms with Gasteiger partial charge in [-0.05, 0) is 29.3 Å². The third kappa shape index (κ3) is 5.80. The van der Waals surface area contributed by atoms with Crippen LogP contribution in [-0.2, 0) is 19.7 Å². The van der Waals surface area contributed by atoms with Crippen molar-refractivity contribution in [2.75, 3.05) is 7.11 Å². The highest BCUT2D eigenvalue weighted by Gasteiger charge is 2.03. The lowest BCUT2D eigenvalue weighted by Crippen LogP contribution is -2.13. The van der Waals surface area contributed by atoms with E-state index in [9.17, 15) is 0 Å². The number of hydrogen-bond donors (Lipinski definition) is 1. The van der Waals surface area contributed by atoms with Gasteiger partial charge in [0, 0.05) is 18.7 Å². The highest BCUT2D eigenvalue weighted by atomic mass is 35.5. The molecule has 0 aliphatic heterocycles. The Balaban J connectivity index is 0.00000243. The number of hydrogen-bond acceptors (Lipinski definition) is 3. The molecule has 1 N–H and O–H groups in total. The number of methoxy groups -OCH3 is 1. The first-order valence-electron chi connectivity index (χ1n) is 8.43. The highest BCUT2D eigenvalue weighted by Crippen LogP contribution is 2.19. The molecule has 26 heavy (non-hydrogen) atoms. The van der Waals surface area contributed by atoms with E-state index in [-0.39, 0.29) is 12.4 Å². The Morgan fingerprint density at radius 3 is 2.15 bits per heavy atom. The van der Waals surface area contributed by atoms with Crippen LogP contribution in [-0.4, -0.2) is 7.11 Å². The summed E-state index contributed by atoms with van der Waals surface area (Å²) < 4.78 is 11.2. The molecule has 0 aliphatic carbocycles. The van der Waals surface area contributed by atoms with E-state index in [1.165, 1.54) is 11.1 Å². The van der Waals surface area contributed by atoms with E-state index in [1.807, 2.05) is 48.5 Å². The molecule has 0 amide bonds. The Morgan fingerprint density at radius 2 is 1.42 bits per heavy atom. The van der Waals surface area contributed by atoms with Crippen molar-refractivity contribution in [3.05, 3.63) is 95.6 Å². The van der Waals surface area contributed by atoms with Gasteiger partial charge in [0.25, 0.3) is 0 Å². The molecule has 0 radical (unpaired) electrons. The van der Waals surface area contributed by atoms with Crippen molar-refractivity contribution in [3.63, 3.8) is 0 Å². The van der Waals surface area contributed by atoms with Crippen LogP contribution in [0.2, 0.25) is 0 Å². The third-order valence-corrected chi connectivity index (χ3v) is 4.01. The predicted molar refractivity (Wildman–Crippen MR) is 108 cm³/mol. The molecule has 0 saturated heterocycles. The molecule has 0 spiro atoms. The van der Waals surface area contributed by atoms with Crippen molar-refractivity contribution in [2.45, 2.75) is 19.7 Å². The summed E-state index contributed by atoms with van der Waals surface area (Å²) >= 11 is 0. The fourth-order valence-electron chi connectivity index (χ4n) is 2.61. The first-order valence-corrected chi connectivity index (χ1v) is 8.43. The third-order valence-electron chi connectivity index (χ3n) is 4.01. The fraction of sp³-hybridized carbons (Fsp3) is 0.182. The molecule has 0 aromatic heterocycles. The van der Waals surface area contributed by atoms with Crippen molar-refractivity contribution in [1.82, 2.24) is 5.32 Å². The van der Waals surface area contributed by atoms with E-state index in [4.69, 9.17) is 9.47 Å². The molecular formula is C22H24ClNO2. The minimum Gasteiger partial charge on any atom is -0.497 e. The van der Waals surface area contributed by atoms with Gasteiger partial charge in [-0.25, -0.2) is 0 Å². The lowest BCUT2D eigenvalue weighted by Gasteiger charge is -2.12. The summed E-state index contributed by atoms with van der Waals surface area (Å²) in [6, 6.07) is 26.5. The number of nitrogens with one attached hydrogen (secondary N) is 1. The Hall–Kier alpha value is -2.49. The molecule has 0 saturated carbocycles. The molecule has 3 aromatic rings. The summed E-state index contributed by atoms with van der Waals surface area (Å²) in [6.45, 7) is 2.14. The molecular weight excluding hydrogens is 346 g/mol. The lowest BCUT2D eigenvalue weighted by molar-refractivity contribution is 0.302. The van der Waals surface area contributed by atoms with Crippen molar-refractivity contribution in [1.29, 1.82) is 0 Å². The number of benzene rings is 3. The second kappa shape index (κ2) is 10.5. The van der Waals surface area contributed by atoms with E-state index in [2.05, 4.69) is 35.6 Å². The molecule has 0 unspecified atom stereocenters. The van der Waals surface area contributed by atoms with Gasteiger partial charge in [0.2, 0.25) is 0 Å². The average Bonchev–Trinajstić information content (AvgIpc) is 2.68. The maximum atomic E-state index is 6.00. The Labute approximate surface area is 161 Å². The molecule has 4 heteroatoms. The number of para-hydroxylation sites is 1. The zero-order valence-corrected chi connectivity index (χ0v) is 15.7. The zero-order valence-electron chi connectivity index (χ0n) is 14.9. The largest absolute Gasteiger partial charge is 0.497 e. The SMILES string of the molecule is COc1ccc(CNCc2ccccc2OCc2ccccc2)cc1.Cl. The van der Waals surface area contributed by atoms with Gasteiger partial charge in [-0.15, -0.1) is 12.4 Å².